The zero-order chi connectivity index (χ0) is 23.7. The van der Waals surface area contributed by atoms with E-state index in [0.29, 0.717) is 61.0 Å². The van der Waals surface area contributed by atoms with Crippen molar-refractivity contribution in [1.82, 2.24) is 20.0 Å². The van der Waals surface area contributed by atoms with Crippen LogP contribution in [0, 0.1) is 0 Å². The summed E-state index contributed by atoms with van der Waals surface area (Å²) in [6, 6.07) is 11.0. The van der Waals surface area contributed by atoms with E-state index in [0.717, 1.165) is 10.9 Å². The number of carbonyl (C=O) groups is 2. The van der Waals surface area contributed by atoms with Crippen LogP contribution in [0.3, 0.4) is 0 Å². The minimum absolute atomic E-state index is 0.106. The molecule has 0 aliphatic carbocycles. The second-order valence-electron chi connectivity index (χ2n) is 8.13. The number of amides is 1. The van der Waals surface area contributed by atoms with Gasteiger partial charge in [-0.15, -0.1) is 0 Å². The van der Waals surface area contributed by atoms with Crippen molar-refractivity contribution in [2.75, 3.05) is 39.4 Å². The van der Waals surface area contributed by atoms with E-state index in [4.69, 9.17) is 9.47 Å². The van der Waals surface area contributed by atoms with E-state index in [1.165, 1.54) is 4.90 Å². The third-order valence-corrected chi connectivity index (χ3v) is 6.04. The van der Waals surface area contributed by atoms with Crippen molar-refractivity contribution in [1.29, 1.82) is 0 Å². The third-order valence-electron chi connectivity index (χ3n) is 6.04. The first-order valence-corrected chi connectivity index (χ1v) is 11.0. The van der Waals surface area contributed by atoms with Gasteiger partial charge >= 0.3 is 6.09 Å². The molecule has 2 aliphatic heterocycles. The molecule has 0 radical (unpaired) electrons. The van der Waals surface area contributed by atoms with Gasteiger partial charge in [0.2, 0.25) is 5.78 Å². The molecule has 3 N–H and O–H groups in total. The molecule has 1 fully saturated rings. The maximum atomic E-state index is 13.1. The van der Waals surface area contributed by atoms with Crippen LogP contribution in [0.15, 0.2) is 42.2 Å². The Hall–Kier alpha value is -3.89. The average Bonchev–Trinajstić information content (AvgIpc) is 3.40. The molecule has 0 spiro atoms. The first-order chi connectivity index (χ1) is 16.5. The number of nitrogens with zero attached hydrogens (tertiary/aromatic N) is 3. The summed E-state index contributed by atoms with van der Waals surface area (Å²) >= 11 is 0. The molecule has 0 bridgehead atoms. The number of rotatable bonds is 6. The van der Waals surface area contributed by atoms with Gasteiger partial charge in [-0.1, -0.05) is 18.2 Å². The second kappa shape index (κ2) is 9.16. The number of para-hydroxylation sites is 1. The van der Waals surface area contributed by atoms with Crippen LogP contribution in [0.2, 0.25) is 0 Å². The lowest BCUT2D eigenvalue weighted by Crippen LogP contribution is -2.47. The summed E-state index contributed by atoms with van der Waals surface area (Å²) in [7, 11) is 0. The zero-order valence-electron chi connectivity index (χ0n) is 18.4. The largest absolute Gasteiger partial charge is 0.491 e. The van der Waals surface area contributed by atoms with Crippen molar-refractivity contribution in [3.63, 3.8) is 0 Å². The van der Waals surface area contributed by atoms with Crippen LogP contribution < -0.4 is 9.47 Å². The number of hydrogen-bond donors (Lipinski definition) is 3. The van der Waals surface area contributed by atoms with E-state index in [2.05, 4.69) is 15.1 Å². The number of fused-ring (bicyclic) bond motifs is 2. The van der Waals surface area contributed by atoms with Crippen LogP contribution in [0.5, 0.6) is 11.5 Å². The fraction of sp³-hybridized carbons (Fsp3) is 0.292. The molecule has 10 nitrogen and oxygen atoms in total. The number of aliphatic hydroxyl groups is 1. The highest BCUT2D eigenvalue weighted by atomic mass is 16.5. The summed E-state index contributed by atoms with van der Waals surface area (Å²) in [6.45, 7) is 2.27. The second-order valence-corrected chi connectivity index (χ2v) is 8.13. The van der Waals surface area contributed by atoms with Gasteiger partial charge in [0.1, 0.15) is 18.1 Å². The molecule has 1 aromatic heterocycles. The molecule has 176 valence electrons. The molecular formula is C24H24N4O6. The van der Waals surface area contributed by atoms with Gasteiger partial charge in [0.25, 0.3) is 0 Å². The van der Waals surface area contributed by atoms with Gasteiger partial charge in [-0.05, 0) is 18.2 Å². The van der Waals surface area contributed by atoms with Gasteiger partial charge in [0.05, 0.1) is 28.9 Å². The highest BCUT2D eigenvalue weighted by Gasteiger charge is 2.33. The molecule has 0 atom stereocenters. The molecular weight excluding hydrogens is 440 g/mol. The molecule has 10 heteroatoms. The van der Waals surface area contributed by atoms with Crippen LogP contribution in [0.1, 0.15) is 21.6 Å². The number of carbonyl (C=O) groups excluding carboxylic acids is 1. The highest BCUT2D eigenvalue weighted by Crippen LogP contribution is 2.41. The summed E-state index contributed by atoms with van der Waals surface area (Å²) < 4.78 is 11.8. The molecule has 0 saturated carbocycles. The minimum atomic E-state index is -0.929. The molecule has 2 aromatic carbocycles. The van der Waals surface area contributed by atoms with Gasteiger partial charge in [0, 0.05) is 44.2 Å². The lowest BCUT2D eigenvalue weighted by Gasteiger charge is -2.33. The van der Waals surface area contributed by atoms with Gasteiger partial charge in [-0.2, -0.15) is 5.10 Å². The Morgan fingerprint density at radius 1 is 1.18 bits per heavy atom. The number of ketones is 1. The van der Waals surface area contributed by atoms with Gasteiger partial charge < -0.3 is 24.6 Å². The number of Topliss-reactive ketones (excluding diaryl/α,β-unsaturated/α-hetero) is 1. The molecule has 3 aromatic rings. The Morgan fingerprint density at radius 2 is 1.97 bits per heavy atom. The predicted molar refractivity (Wildman–Crippen MR) is 123 cm³/mol. The number of aromatic nitrogens is 2. The lowest BCUT2D eigenvalue weighted by atomic mass is 10.0. The van der Waals surface area contributed by atoms with Gasteiger partial charge in [-0.25, -0.2) is 4.79 Å². The third kappa shape index (κ3) is 4.09. The normalized spacial score (nSPS) is 17.3. The van der Waals surface area contributed by atoms with Crippen molar-refractivity contribution in [3.8, 4) is 11.5 Å². The van der Waals surface area contributed by atoms with Crippen LogP contribution in [0.25, 0.3) is 17.0 Å². The van der Waals surface area contributed by atoms with E-state index < -0.39 is 6.09 Å². The standard InChI is InChI=1S/C24H24N4O6/c29-11-12-33-20-6-5-16-22(30)21(13-19-15-3-1-2-4-18(15)25-26-19)34-23(16)17(20)14-27-7-9-28(10-8-27)24(31)32/h1-6,13,29H,7-12,14H2,(H,25,26)(H,31,32). The van der Waals surface area contributed by atoms with Crippen LogP contribution in [-0.4, -0.2) is 81.5 Å². The quantitative estimate of drug-likeness (QED) is 0.474. The van der Waals surface area contributed by atoms with Crippen LogP contribution in [0.4, 0.5) is 4.79 Å². The lowest BCUT2D eigenvalue weighted by molar-refractivity contribution is 0.101. The number of allylic oxidation sites excluding steroid dienone is 1. The first-order valence-electron chi connectivity index (χ1n) is 11.0. The van der Waals surface area contributed by atoms with Crippen molar-refractivity contribution in [3.05, 3.63) is 59.0 Å². The van der Waals surface area contributed by atoms with E-state index in [1.54, 1.807) is 18.2 Å². The summed E-state index contributed by atoms with van der Waals surface area (Å²) in [6.07, 6.45) is 0.701. The van der Waals surface area contributed by atoms with Crippen molar-refractivity contribution < 1.29 is 29.3 Å². The van der Waals surface area contributed by atoms with Crippen LogP contribution >= 0.6 is 0 Å². The number of hydrogen-bond acceptors (Lipinski definition) is 7. The fourth-order valence-electron chi connectivity index (χ4n) is 4.27. The van der Waals surface area contributed by atoms with Gasteiger partial charge in [0.15, 0.2) is 5.76 Å². The zero-order valence-corrected chi connectivity index (χ0v) is 18.4. The summed E-state index contributed by atoms with van der Waals surface area (Å²) in [4.78, 5) is 27.8. The number of ether oxygens (including phenoxy) is 2. The Balaban J connectivity index is 1.45. The van der Waals surface area contributed by atoms with E-state index in [-0.39, 0.29) is 24.8 Å². The monoisotopic (exact) mass is 464 g/mol. The van der Waals surface area contributed by atoms with E-state index in [1.807, 2.05) is 24.3 Å². The molecule has 34 heavy (non-hydrogen) atoms. The number of nitrogens with one attached hydrogen (secondary N) is 1. The van der Waals surface area contributed by atoms with Gasteiger partial charge in [-0.3, -0.25) is 14.8 Å². The number of aliphatic hydroxyl groups excluding tert-OH is 1. The number of benzene rings is 2. The number of aromatic amines is 1. The van der Waals surface area contributed by atoms with E-state index in [9.17, 15) is 19.8 Å². The molecule has 3 heterocycles. The van der Waals surface area contributed by atoms with Crippen molar-refractivity contribution in [2.24, 2.45) is 0 Å². The van der Waals surface area contributed by atoms with Crippen molar-refractivity contribution in [2.45, 2.75) is 6.54 Å². The average molecular weight is 464 g/mol. The maximum Gasteiger partial charge on any atom is 0.407 e. The fourth-order valence-corrected chi connectivity index (χ4v) is 4.27. The Labute approximate surface area is 195 Å². The molecule has 5 rings (SSSR count). The van der Waals surface area contributed by atoms with E-state index >= 15 is 0 Å². The molecule has 1 saturated heterocycles. The topological polar surface area (TPSA) is 128 Å². The minimum Gasteiger partial charge on any atom is -0.491 e. The molecule has 0 unspecified atom stereocenters. The summed E-state index contributed by atoms with van der Waals surface area (Å²) in [5, 5.41) is 26.6. The Bertz CT molecular complexity index is 1280. The van der Waals surface area contributed by atoms with Crippen molar-refractivity contribution >= 4 is 28.9 Å². The highest BCUT2D eigenvalue weighted by molar-refractivity contribution is 6.15. The predicted octanol–water partition coefficient (Wildman–Crippen LogP) is 2.35. The summed E-state index contributed by atoms with van der Waals surface area (Å²) in [5.74, 6) is 0.871. The number of piperazine rings is 1. The Kier molecular flexibility index (Phi) is 5.91. The number of carboxylic acid groups (broad SMARTS) is 1. The smallest absolute Gasteiger partial charge is 0.407 e. The maximum absolute atomic E-state index is 13.1. The van der Waals surface area contributed by atoms with Crippen LogP contribution in [-0.2, 0) is 6.54 Å². The summed E-state index contributed by atoms with van der Waals surface area (Å²) in [5.41, 5.74) is 2.59. The first kappa shape index (κ1) is 21.9. The SMILES string of the molecule is O=C1C(=Cc2n[nH]c3ccccc23)Oc2c1ccc(OCCO)c2CN1CCN(C(=O)O)CC1. The Morgan fingerprint density at radius 3 is 2.74 bits per heavy atom. The molecule has 1 amide bonds. The molecule has 2 aliphatic rings. The number of H-pyrrole nitrogens is 1.